The lowest BCUT2D eigenvalue weighted by molar-refractivity contribution is -0.605. The molecule has 4 aromatic heterocycles. The lowest BCUT2D eigenvalue weighted by Gasteiger charge is -2.28. The summed E-state index contributed by atoms with van der Waals surface area (Å²) in [7, 11) is 0. The average molecular weight is 803 g/mol. The Balaban J connectivity index is 0.000000208. The van der Waals surface area contributed by atoms with E-state index in [1.807, 2.05) is 36.4 Å². The van der Waals surface area contributed by atoms with E-state index in [0.29, 0.717) is 0 Å². The van der Waals surface area contributed by atoms with Crippen LogP contribution in [0.25, 0.3) is 23.3 Å². The first kappa shape index (κ1) is 45.2. The Morgan fingerprint density at radius 1 is 0.431 bits per heavy atom. The second-order valence-corrected chi connectivity index (χ2v) is 13.4. The number of carboxylic acids is 6. The standard InChI is InChI=1S/C12H10N2O2.C10H8N2.2C9H12O6/c15-13-7-3-11(4-8-13)1-2-12-5-9-14(16)10-6-12;1-5-11-6-2-9(1)10-3-7-12-8-4-10;2*10-7(11)4-1-5(8(12)13)3-6(2-4)9(14)15/h1-10H;1-8H;2*4-6H,1-3H2,(H,10,11)(H,12,13)(H,14,15)/b2-1+;;;. The van der Waals surface area contributed by atoms with Gasteiger partial charge in [-0.15, -0.1) is 0 Å². The second kappa shape index (κ2) is 22.3. The molecule has 2 saturated carbocycles. The number of hydrogen-bond acceptors (Lipinski definition) is 10. The molecule has 0 bridgehead atoms. The van der Waals surface area contributed by atoms with Crippen molar-refractivity contribution in [2.75, 3.05) is 0 Å². The van der Waals surface area contributed by atoms with Crippen LogP contribution < -0.4 is 9.46 Å². The molecule has 306 valence electrons. The molecule has 0 unspecified atom stereocenters. The van der Waals surface area contributed by atoms with E-state index in [2.05, 4.69) is 9.97 Å². The van der Waals surface area contributed by atoms with Gasteiger partial charge in [-0.3, -0.25) is 38.7 Å². The zero-order valence-electron chi connectivity index (χ0n) is 30.8. The maximum absolute atomic E-state index is 10.8. The van der Waals surface area contributed by atoms with Crippen LogP contribution in [0, 0.1) is 45.9 Å². The average Bonchev–Trinajstić information content (AvgIpc) is 3.22. The molecule has 0 spiro atoms. The first-order chi connectivity index (χ1) is 27.5. The van der Waals surface area contributed by atoms with Crippen LogP contribution in [0.4, 0.5) is 0 Å². The lowest BCUT2D eigenvalue weighted by Crippen LogP contribution is -2.34. The zero-order valence-corrected chi connectivity index (χ0v) is 30.8. The number of rotatable bonds is 9. The van der Waals surface area contributed by atoms with Crippen molar-refractivity contribution in [2.24, 2.45) is 35.5 Å². The van der Waals surface area contributed by atoms with Crippen LogP contribution in [0.1, 0.15) is 49.7 Å². The minimum Gasteiger partial charge on any atom is -0.619 e. The Bertz CT molecular complexity index is 1760. The SMILES string of the molecule is O=C(O)C1CC(C(=O)O)CC(C(=O)O)C1.O=C(O)C1CC(C(=O)O)CC(C(=O)O)C1.[O-][n+]1ccc(/C=C/c2cc[n+]([O-])cc2)cc1.c1cc(-c2ccncc2)ccn1. The number of aromatic nitrogens is 4. The summed E-state index contributed by atoms with van der Waals surface area (Å²) < 4.78 is 1.47. The number of aliphatic carboxylic acids is 6. The number of pyridine rings is 4. The summed E-state index contributed by atoms with van der Waals surface area (Å²) in [5, 5.41) is 74.1. The van der Waals surface area contributed by atoms with Gasteiger partial charge in [-0.05, 0) is 85.0 Å². The van der Waals surface area contributed by atoms with Gasteiger partial charge in [0.25, 0.3) is 0 Å². The summed E-state index contributed by atoms with van der Waals surface area (Å²) in [4.78, 5) is 72.1. The van der Waals surface area contributed by atoms with Crippen LogP contribution in [0.5, 0.6) is 0 Å². The summed E-state index contributed by atoms with van der Waals surface area (Å²) in [6.45, 7) is 0. The highest BCUT2D eigenvalue weighted by atomic mass is 16.5. The van der Waals surface area contributed by atoms with Crippen LogP contribution >= 0.6 is 0 Å². The first-order valence-corrected chi connectivity index (χ1v) is 17.8. The van der Waals surface area contributed by atoms with Gasteiger partial charge >= 0.3 is 35.8 Å². The summed E-state index contributed by atoms with van der Waals surface area (Å²) in [6.07, 6.45) is 16.8. The molecule has 0 amide bonds. The van der Waals surface area contributed by atoms with Crippen LogP contribution in [-0.2, 0) is 28.8 Å². The summed E-state index contributed by atoms with van der Waals surface area (Å²) in [5.41, 5.74) is 4.22. The predicted molar refractivity (Wildman–Crippen MR) is 202 cm³/mol. The van der Waals surface area contributed by atoms with Crippen LogP contribution in [0.15, 0.2) is 98.1 Å². The normalized spacial score (nSPS) is 20.9. The molecular weight excluding hydrogens is 760 g/mol. The Morgan fingerprint density at radius 2 is 0.638 bits per heavy atom. The van der Waals surface area contributed by atoms with Crippen molar-refractivity contribution in [2.45, 2.75) is 38.5 Å². The van der Waals surface area contributed by atoms with Gasteiger partial charge in [0, 0.05) is 49.1 Å². The van der Waals surface area contributed by atoms with E-state index in [-0.39, 0.29) is 38.5 Å². The monoisotopic (exact) mass is 802 g/mol. The number of carbonyl (C=O) groups is 6. The molecule has 6 N–H and O–H groups in total. The van der Waals surface area contributed by atoms with Gasteiger partial charge in [0.05, 0.1) is 35.5 Å². The molecule has 0 atom stereocenters. The van der Waals surface area contributed by atoms with Gasteiger partial charge in [0.1, 0.15) is 0 Å². The molecule has 2 aliphatic carbocycles. The molecule has 18 nitrogen and oxygen atoms in total. The molecule has 2 aliphatic rings. The van der Waals surface area contributed by atoms with Crippen molar-refractivity contribution in [3.05, 3.63) is 120 Å². The molecule has 2 fully saturated rings. The number of hydrogen-bond donors (Lipinski definition) is 6. The molecule has 6 rings (SSSR count). The Labute approximate surface area is 331 Å². The van der Waals surface area contributed by atoms with E-state index >= 15 is 0 Å². The Hall–Kier alpha value is -7.24. The molecule has 4 heterocycles. The lowest BCUT2D eigenvalue weighted by atomic mass is 9.75. The summed E-state index contributed by atoms with van der Waals surface area (Å²) >= 11 is 0. The highest BCUT2D eigenvalue weighted by Crippen LogP contribution is 2.35. The Kier molecular flexibility index (Phi) is 17.4. The largest absolute Gasteiger partial charge is 0.619 e. The van der Waals surface area contributed by atoms with E-state index in [4.69, 9.17) is 30.6 Å². The molecule has 58 heavy (non-hydrogen) atoms. The topological polar surface area (TPSA) is 303 Å². The van der Waals surface area contributed by atoms with E-state index in [0.717, 1.165) is 20.6 Å². The molecule has 0 aromatic carbocycles. The third kappa shape index (κ3) is 15.1. The van der Waals surface area contributed by atoms with Crippen molar-refractivity contribution in [3.8, 4) is 11.1 Å². The van der Waals surface area contributed by atoms with Crippen molar-refractivity contribution in [1.82, 2.24) is 9.97 Å². The zero-order chi connectivity index (χ0) is 42.8. The quantitative estimate of drug-likeness (QED) is 0.104. The second-order valence-electron chi connectivity index (χ2n) is 13.4. The van der Waals surface area contributed by atoms with Crippen molar-refractivity contribution in [1.29, 1.82) is 0 Å². The number of carboxylic acid groups (broad SMARTS) is 6. The smallest absolute Gasteiger partial charge is 0.306 e. The van der Waals surface area contributed by atoms with Crippen molar-refractivity contribution >= 4 is 48.0 Å². The highest BCUT2D eigenvalue weighted by molar-refractivity contribution is 5.79. The molecule has 0 aliphatic heterocycles. The van der Waals surface area contributed by atoms with Gasteiger partial charge < -0.3 is 41.1 Å². The molecular formula is C40H42N4O14. The van der Waals surface area contributed by atoms with Crippen LogP contribution in [-0.4, -0.2) is 76.4 Å². The van der Waals surface area contributed by atoms with Gasteiger partial charge in [-0.1, -0.05) is 12.2 Å². The molecule has 18 heteroatoms. The van der Waals surface area contributed by atoms with E-state index in [1.54, 1.807) is 49.1 Å². The molecule has 0 saturated heterocycles. The maximum atomic E-state index is 10.8. The fraction of sp³-hybridized carbons (Fsp3) is 0.300. The van der Waals surface area contributed by atoms with Gasteiger partial charge in [-0.2, -0.15) is 9.46 Å². The highest BCUT2D eigenvalue weighted by Gasteiger charge is 2.40. The van der Waals surface area contributed by atoms with Crippen LogP contribution in [0.2, 0.25) is 0 Å². The van der Waals surface area contributed by atoms with E-state index in [1.165, 1.54) is 35.9 Å². The third-order valence-corrected chi connectivity index (χ3v) is 9.33. The fourth-order valence-corrected chi connectivity index (χ4v) is 6.20. The van der Waals surface area contributed by atoms with Gasteiger partial charge in [-0.25, -0.2) is 0 Å². The van der Waals surface area contributed by atoms with Crippen LogP contribution in [0.3, 0.4) is 0 Å². The van der Waals surface area contributed by atoms with Gasteiger partial charge in [0.2, 0.25) is 0 Å². The third-order valence-electron chi connectivity index (χ3n) is 9.33. The fourth-order valence-electron chi connectivity index (χ4n) is 6.20. The summed E-state index contributed by atoms with van der Waals surface area (Å²) in [5.74, 6) is -11.9. The molecule has 4 aromatic rings. The maximum Gasteiger partial charge on any atom is 0.306 e. The summed E-state index contributed by atoms with van der Waals surface area (Å²) in [6, 6.07) is 14.8. The van der Waals surface area contributed by atoms with Crippen molar-refractivity contribution in [3.63, 3.8) is 0 Å². The van der Waals surface area contributed by atoms with Gasteiger partial charge in [0.15, 0.2) is 24.8 Å². The minimum atomic E-state index is -1.12. The molecule has 0 radical (unpaired) electrons. The minimum absolute atomic E-state index is 0.0223. The Morgan fingerprint density at radius 3 is 0.828 bits per heavy atom. The first-order valence-electron chi connectivity index (χ1n) is 17.8. The van der Waals surface area contributed by atoms with E-state index < -0.39 is 71.3 Å². The predicted octanol–water partition coefficient (Wildman–Crippen LogP) is 3.81. The van der Waals surface area contributed by atoms with E-state index in [9.17, 15) is 39.2 Å². The number of nitrogens with zero attached hydrogens (tertiary/aromatic N) is 4. The van der Waals surface area contributed by atoms with Crippen molar-refractivity contribution < 1.29 is 68.9 Å².